The summed E-state index contributed by atoms with van der Waals surface area (Å²) in [6, 6.07) is -0.263. The molecule has 0 bridgehead atoms. The minimum Gasteiger partial charge on any atom is -0.394 e. The summed E-state index contributed by atoms with van der Waals surface area (Å²) >= 11 is 5.96. The quantitative estimate of drug-likeness (QED) is 0.801. The summed E-state index contributed by atoms with van der Waals surface area (Å²) in [6.45, 7) is -0.145. The number of aliphatic hydroxyl groups excluding tert-OH is 1. The first-order chi connectivity index (χ1) is 9.43. The molecule has 2 rings (SSSR count). The zero-order valence-electron chi connectivity index (χ0n) is 10.7. The number of hydrogen-bond acceptors (Lipinski definition) is 6. The van der Waals surface area contributed by atoms with Crippen LogP contribution in [-0.2, 0) is 16.4 Å². The summed E-state index contributed by atoms with van der Waals surface area (Å²) in [4.78, 5) is 11.8. The molecule has 0 aromatic carbocycles. The van der Waals surface area contributed by atoms with E-state index in [9.17, 15) is 13.2 Å². The maximum Gasteiger partial charge on any atom is 0.287 e. The lowest BCUT2D eigenvalue weighted by Crippen LogP contribution is -2.35. The van der Waals surface area contributed by atoms with Crippen LogP contribution in [0.5, 0.6) is 0 Å². The Morgan fingerprint density at radius 2 is 2.30 bits per heavy atom. The van der Waals surface area contributed by atoms with E-state index < -0.39 is 15.4 Å². The van der Waals surface area contributed by atoms with E-state index in [4.69, 9.17) is 16.7 Å². The van der Waals surface area contributed by atoms with Gasteiger partial charge in [0.05, 0.1) is 36.5 Å². The van der Waals surface area contributed by atoms with Gasteiger partial charge in [-0.3, -0.25) is 4.79 Å². The van der Waals surface area contributed by atoms with Crippen molar-refractivity contribution in [1.82, 2.24) is 9.78 Å². The topological polar surface area (TPSA) is 101 Å². The van der Waals surface area contributed by atoms with E-state index >= 15 is 0 Å². The van der Waals surface area contributed by atoms with Crippen molar-refractivity contribution in [2.75, 3.05) is 23.4 Å². The Kier molecular flexibility index (Phi) is 4.66. The van der Waals surface area contributed by atoms with Gasteiger partial charge in [0.2, 0.25) is 0 Å². The Balaban J connectivity index is 2.18. The van der Waals surface area contributed by atoms with Crippen LogP contribution in [0, 0.1) is 0 Å². The van der Waals surface area contributed by atoms with Crippen molar-refractivity contribution >= 4 is 27.1 Å². The summed E-state index contributed by atoms with van der Waals surface area (Å²) in [5.41, 5.74) is -0.183. The standard InChI is InChI=1S/C11H16ClN3O4S/c12-10-9(6-13-15(3-4-16)11(10)17)14-8-2-1-5-20(18,19)7-8/h6,8,14,16H,1-5,7H2. The molecule has 1 unspecified atom stereocenters. The van der Waals surface area contributed by atoms with Crippen LogP contribution in [0.2, 0.25) is 5.02 Å². The molecular weight excluding hydrogens is 306 g/mol. The molecule has 20 heavy (non-hydrogen) atoms. The Morgan fingerprint density at radius 3 is 2.95 bits per heavy atom. The maximum absolute atomic E-state index is 11.8. The highest BCUT2D eigenvalue weighted by molar-refractivity contribution is 7.91. The van der Waals surface area contributed by atoms with Gasteiger partial charge in [-0.25, -0.2) is 13.1 Å². The molecule has 2 N–H and O–H groups in total. The van der Waals surface area contributed by atoms with Gasteiger partial charge >= 0.3 is 0 Å². The number of aliphatic hydroxyl groups is 1. The summed E-state index contributed by atoms with van der Waals surface area (Å²) in [7, 11) is -3.03. The molecule has 1 saturated heterocycles. The zero-order chi connectivity index (χ0) is 14.8. The van der Waals surface area contributed by atoms with Gasteiger partial charge in [-0.05, 0) is 12.8 Å². The second kappa shape index (κ2) is 6.11. The molecule has 7 nitrogen and oxygen atoms in total. The molecule has 0 amide bonds. The highest BCUT2D eigenvalue weighted by Gasteiger charge is 2.25. The second-order valence-corrected chi connectivity index (χ2v) is 7.33. The predicted octanol–water partition coefficient (Wildman–Crippen LogP) is -0.122. The molecule has 2 heterocycles. The van der Waals surface area contributed by atoms with Gasteiger partial charge < -0.3 is 10.4 Å². The van der Waals surface area contributed by atoms with Gasteiger partial charge in [0.25, 0.3) is 5.56 Å². The van der Waals surface area contributed by atoms with Crippen molar-refractivity contribution in [3.8, 4) is 0 Å². The molecule has 1 aromatic rings. The minimum absolute atomic E-state index is 0.0308. The molecule has 112 valence electrons. The van der Waals surface area contributed by atoms with Crippen LogP contribution in [-0.4, -0.2) is 47.5 Å². The van der Waals surface area contributed by atoms with E-state index in [0.29, 0.717) is 18.5 Å². The number of nitrogens with one attached hydrogen (secondary N) is 1. The molecule has 1 aliphatic heterocycles. The molecular formula is C11H16ClN3O4S. The summed E-state index contributed by atoms with van der Waals surface area (Å²) < 4.78 is 24.2. The van der Waals surface area contributed by atoms with Crippen molar-refractivity contribution in [3.05, 3.63) is 21.6 Å². The lowest BCUT2D eigenvalue weighted by Gasteiger charge is -2.24. The number of rotatable bonds is 4. The van der Waals surface area contributed by atoms with E-state index in [1.165, 1.54) is 6.20 Å². The maximum atomic E-state index is 11.8. The van der Waals surface area contributed by atoms with E-state index in [1.807, 2.05) is 0 Å². The predicted molar refractivity (Wildman–Crippen MR) is 75.9 cm³/mol. The van der Waals surface area contributed by atoms with Crippen molar-refractivity contribution in [1.29, 1.82) is 0 Å². The van der Waals surface area contributed by atoms with Gasteiger partial charge in [-0.15, -0.1) is 0 Å². The Morgan fingerprint density at radius 1 is 1.55 bits per heavy atom. The van der Waals surface area contributed by atoms with E-state index in [1.54, 1.807) is 0 Å². The molecule has 0 spiro atoms. The van der Waals surface area contributed by atoms with E-state index in [-0.39, 0.29) is 35.7 Å². The smallest absolute Gasteiger partial charge is 0.287 e. The van der Waals surface area contributed by atoms with Crippen LogP contribution in [0.3, 0.4) is 0 Å². The summed E-state index contributed by atoms with van der Waals surface area (Å²) in [6.07, 6.45) is 2.67. The van der Waals surface area contributed by atoms with Gasteiger partial charge in [-0.2, -0.15) is 5.10 Å². The first-order valence-corrected chi connectivity index (χ1v) is 8.46. The molecule has 1 aromatic heterocycles. The van der Waals surface area contributed by atoms with Crippen LogP contribution in [0.25, 0.3) is 0 Å². The monoisotopic (exact) mass is 321 g/mol. The minimum atomic E-state index is -3.03. The van der Waals surface area contributed by atoms with Gasteiger partial charge in [0.1, 0.15) is 5.02 Å². The number of aromatic nitrogens is 2. The molecule has 0 aliphatic carbocycles. The van der Waals surface area contributed by atoms with Crippen molar-refractivity contribution in [2.24, 2.45) is 0 Å². The van der Waals surface area contributed by atoms with E-state index in [2.05, 4.69) is 10.4 Å². The molecule has 0 saturated carbocycles. The average Bonchev–Trinajstić information content (AvgIpc) is 2.37. The summed E-state index contributed by atoms with van der Waals surface area (Å²) in [5, 5.41) is 15.6. The lowest BCUT2D eigenvalue weighted by atomic mass is 10.2. The van der Waals surface area contributed by atoms with Gasteiger partial charge in [-0.1, -0.05) is 11.6 Å². The van der Waals surface area contributed by atoms with Crippen LogP contribution in [0.4, 0.5) is 5.69 Å². The molecule has 9 heteroatoms. The first kappa shape index (κ1) is 15.3. The fourth-order valence-corrected chi connectivity index (χ4v) is 4.01. The molecule has 0 radical (unpaired) electrons. The summed E-state index contributed by atoms with van der Waals surface area (Å²) in [5.74, 6) is 0.234. The highest BCUT2D eigenvalue weighted by atomic mass is 35.5. The normalized spacial score (nSPS) is 21.6. The number of hydrogen-bond donors (Lipinski definition) is 2. The largest absolute Gasteiger partial charge is 0.394 e. The molecule has 1 atom stereocenters. The molecule has 1 aliphatic rings. The van der Waals surface area contributed by atoms with Gasteiger partial charge in [0, 0.05) is 6.04 Å². The first-order valence-electron chi connectivity index (χ1n) is 6.26. The Bertz CT molecular complexity index is 644. The van der Waals surface area contributed by atoms with E-state index in [0.717, 1.165) is 4.68 Å². The lowest BCUT2D eigenvalue weighted by molar-refractivity contribution is 0.266. The van der Waals surface area contributed by atoms with Crippen LogP contribution in [0.15, 0.2) is 11.0 Å². The van der Waals surface area contributed by atoms with Crippen molar-refractivity contribution in [3.63, 3.8) is 0 Å². The zero-order valence-corrected chi connectivity index (χ0v) is 12.3. The third-order valence-electron chi connectivity index (χ3n) is 3.12. The highest BCUT2D eigenvalue weighted by Crippen LogP contribution is 2.21. The Labute approximate surface area is 121 Å². The van der Waals surface area contributed by atoms with Crippen LogP contribution >= 0.6 is 11.6 Å². The number of nitrogens with zero attached hydrogens (tertiary/aromatic N) is 2. The Hall–Kier alpha value is -1.12. The average molecular weight is 322 g/mol. The third kappa shape index (κ3) is 3.50. The van der Waals surface area contributed by atoms with Crippen molar-refractivity contribution < 1.29 is 13.5 Å². The molecule has 1 fully saturated rings. The fraction of sp³-hybridized carbons (Fsp3) is 0.636. The second-order valence-electron chi connectivity index (χ2n) is 4.72. The van der Waals surface area contributed by atoms with Gasteiger partial charge in [0.15, 0.2) is 9.84 Å². The number of anilines is 1. The fourth-order valence-electron chi connectivity index (χ4n) is 2.18. The van der Waals surface area contributed by atoms with Crippen molar-refractivity contribution in [2.45, 2.75) is 25.4 Å². The number of halogens is 1. The van der Waals surface area contributed by atoms with Crippen LogP contribution < -0.4 is 10.9 Å². The van der Waals surface area contributed by atoms with Crippen LogP contribution in [0.1, 0.15) is 12.8 Å². The third-order valence-corrected chi connectivity index (χ3v) is 5.31. The SMILES string of the molecule is O=c1c(Cl)c(NC2CCCS(=O)(=O)C2)cnn1CCO. The number of sulfone groups is 1.